The molecule has 1 saturated heterocycles. The van der Waals surface area contributed by atoms with Gasteiger partial charge in [-0.15, -0.1) is 0 Å². The number of rotatable bonds is 15. The average molecular weight is 735 g/mol. The predicted octanol–water partition coefficient (Wildman–Crippen LogP) is 4.11. The van der Waals surface area contributed by atoms with Gasteiger partial charge in [0.25, 0.3) is 11.8 Å². The molecule has 0 unspecified atom stereocenters. The quantitative estimate of drug-likeness (QED) is 0.129. The Morgan fingerprint density at radius 3 is 2.09 bits per heavy atom. The van der Waals surface area contributed by atoms with Crippen LogP contribution >= 0.6 is 0 Å². The van der Waals surface area contributed by atoms with Crippen LogP contribution in [0, 0.1) is 19.8 Å². The summed E-state index contributed by atoms with van der Waals surface area (Å²) in [5.74, 6) is 0.0205. The number of imidazole rings is 2. The van der Waals surface area contributed by atoms with E-state index in [0.29, 0.717) is 96.3 Å². The number of aryl methyl sites for hydroxylation is 4. The minimum atomic E-state index is -0.630. The lowest BCUT2D eigenvalue weighted by molar-refractivity contribution is -0.0400. The van der Waals surface area contributed by atoms with Crippen LogP contribution in [-0.4, -0.2) is 81.2 Å². The Morgan fingerprint density at radius 2 is 1.50 bits per heavy atom. The zero-order valence-electron chi connectivity index (χ0n) is 30.6. The first-order chi connectivity index (χ1) is 26.1. The number of pyridine rings is 1. The second-order valence-corrected chi connectivity index (χ2v) is 13.0. The number of nitrogens with zero attached hydrogens (tertiary/aromatic N) is 9. The van der Waals surface area contributed by atoms with Crippen LogP contribution < -0.4 is 21.1 Å². The second kappa shape index (κ2) is 15.3. The normalized spacial score (nSPS) is 13.2. The van der Waals surface area contributed by atoms with Crippen molar-refractivity contribution < 1.29 is 23.9 Å². The Bertz CT molecular complexity index is 2400. The van der Waals surface area contributed by atoms with Crippen LogP contribution in [-0.2, 0) is 30.9 Å². The summed E-state index contributed by atoms with van der Waals surface area (Å²) in [5, 5.41) is 14.7. The highest BCUT2D eigenvalue weighted by molar-refractivity contribution is 6.04. The minimum Gasteiger partial charge on any atom is -0.491 e. The molecule has 54 heavy (non-hydrogen) atoms. The lowest BCUT2D eigenvalue weighted by Crippen LogP contribution is -2.28. The van der Waals surface area contributed by atoms with E-state index in [-0.39, 0.29) is 24.0 Å². The van der Waals surface area contributed by atoms with Crippen molar-refractivity contribution in [2.24, 2.45) is 11.7 Å². The highest BCUT2D eigenvalue weighted by Crippen LogP contribution is 2.32. The molecule has 1 aliphatic heterocycles. The number of nitrogens with two attached hydrogens (primary N) is 1. The molecular formula is C37H42N12O5. The molecule has 0 aliphatic carbocycles. The lowest BCUT2D eigenvalue weighted by Gasteiger charge is -2.25. The summed E-state index contributed by atoms with van der Waals surface area (Å²) < 4.78 is 18.5. The van der Waals surface area contributed by atoms with Crippen molar-refractivity contribution in [2.45, 2.75) is 60.3 Å². The Balaban J connectivity index is 1.22. The van der Waals surface area contributed by atoms with Crippen molar-refractivity contribution in [3.8, 4) is 5.75 Å². The first kappa shape index (κ1) is 36.0. The van der Waals surface area contributed by atoms with E-state index in [1.807, 2.05) is 55.0 Å². The zero-order valence-corrected chi connectivity index (χ0v) is 30.6. The molecule has 0 radical (unpaired) electrons. The van der Waals surface area contributed by atoms with E-state index < -0.39 is 11.8 Å². The molecule has 280 valence electrons. The van der Waals surface area contributed by atoms with Crippen LogP contribution in [0.15, 0.2) is 54.7 Å². The maximum Gasteiger partial charge on any atom is 0.276 e. The van der Waals surface area contributed by atoms with Crippen molar-refractivity contribution >= 4 is 51.8 Å². The highest BCUT2D eigenvalue weighted by Gasteiger charge is 2.23. The molecule has 1 fully saturated rings. The van der Waals surface area contributed by atoms with Gasteiger partial charge in [-0.25, -0.2) is 15.0 Å². The van der Waals surface area contributed by atoms with Gasteiger partial charge in [0.05, 0.1) is 36.7 Å². The number of amides is 3. The SMILES string of the molecule is CCn1nc(C)cc1C(=O)Nc1nc2cccnc2n1CC=CCn1c(NC(=O)c2cc(C)nn2CC)nc2cc(C(N)=O)cc(OCCC3COC3)c21. The van der Waals surface area contributed by atoms with Crippen molar-refractivity contribution in [1.29, 1.82) is 0 Å². The van der Waals surface area contributed by atoms with Gasteiger partial charge in [-0.1, -0.05) is 12.2 Å². The van der Waals surface area contributed by atoms with Gasteiger partial charge in [-0.2, -0.15) is 10.2 Å². The van der Waals surface area contributed by atoms with Gasteiger partial charge in [-0.3, -0.25) is 38.9 Å². The van der Waals surface area contributed by atoms with Crippen LogP contribution in [0.1, 0.15) is 63.0 Å². The molecule has 6 aromatic rings. The van der Waals surface area contributed by atoms with E-state index in [2.05, 4.69) is 30.8 Å². The van der Waals surface area contributed by atoms with Gasteiger partial charge in [0.15, 0.2) is 5.65 Å². The van der Waals surface area contributed by atoms with Gasteiger partial charge in [0.1, 0.15) is 28.2 Å². The Hall–Kier alpha value is -6.36. The molecule has 0 spiro atoms. The predicted molar refractivity (Wildman–Crippen MR) is 201 cm³/mol. The monoisotopic (exact) mass is 734 g/mol. The molecule has 0 saturated carbocycles. The van der Waals surface area contributed by atoms with Gasteiger partial charge >= 0.3 is 0 Å². The van der Waals surface area contributed by atoms with Crippen LogP contribution in [0.25, 0.3) is 22.2 Å². The molecule has 6 heterocycles. The van der Waals surface area contributed by atoms with Crippen LogP contribution in [0.5, 0.6) is 5.75 Å². The Morgan fingerprint density at radius 1 is 0.889 bits per heavy atom. The summed E-state index contributed by atoms with van der Waals surface area (Å²) in [4.78, 5) is 53.3. The van der Waals surface area contributed by atoms with E-state index in [0.717, 1.165) is 12.1 Å². The molecule has 0 atom stereocenters. The minimum absolute atomic E-state index is 0.230. The van der Waals surface area contributed by atoms with E-state index in [9.17, 15) is 14.4 Å². The van der Waals surface area contributed by atoms with Gasteiger partial charge in [-0.05, 0) is 70.5 Å². The fourth-order valence-corrected chi connectivity index (χ4v) is 6.40. The Kier molecular flexibility index (Phi) is 10.2. The van der Waals surface area contributed by atoms with Crippen LogP contribution in [0.2, 0.25) is 0 Å². The third-order valence-electron chi connectivity index (χ3n) is 9.15. The largest absolute Gasteiger partial charge is 0.491 e. The number of primary amides is 1. The number of carbonyl (C=O) groups excluding carboxylic acids is 3. The van der Waals surface area contributed by atoms with Crippen molar-refractivity contribution in [2.75, 3.05) is 30.5 Å². The summed E-state index contributed by atoms with van der Waals surface area (Å²) in [7, 11) is 0. The number of aromatic nitrogens is 9. The summed E-state index contributed by atoms with van der Waals surface area (Å²) in [5.41, 5.74) is 10.4. The van der Waals surface area contributed by atoms with E-state index >= 15 is 0 Å². The number of fused-ring (bicyclic) bond motifs is 2. The topological polar surface area (TPSA) is 204 Å². The van der Waals surface area contributed by atoms with Gasteiger partial charge in [0, 0.05) is 43.9 Å². The molecule has 3 amide bonds. The van der Waals surface area contributed by atoms with E-state index in [1.54, 1.807) is 45.9 Å². The van der Waals surface area contributed by atoms with Gasteiger partial charge in [0.2, 0.25) is 17.8 Å². The highest BCUT2D eigenvalue weighted by atomic mass is 16.5. The summed E-state index contributed by atoms with van der Waals surface area (Å²) in [6.45, 7) is 10.8. The van der Waals surface area contributed by atoms with Crippen LogP contribution in [0.4, 0.5) is 11.9 Å². The van der Waals surface area contributed by atoms with Gasteiger partial charge < -0.3 is 19.8 Å². The zero-order chi connectivity index (χ0) is 37.9. The number of carbonyl (C=O) groups is 3. The maximum atomic E-state index is 13.6. The lowest BCUT2D eigenvalue weighted by atomic mass is 10.1. The number of anilines is 2. The third-order valence-corrected chi connectivity index (χ3v) is 9.15. The number of hydrogen-bond donors (Lipinski definition) is 3. The molecule has 0 bridgehead atoms. The second-order valence-electron chi connectivity index (χ2n) is 13.0. The number of allylic oxidation sites excluding steroid dienone is 2. The van der Waals surface area contributed by atoms with Crippen molar-refractivity contribution in [3.63, 3.8) is 0 Å². The number of hydrogen-bond acceptors (Lipinski definition) is 10. The molecule has 5 aromatic heterocycles. The van der Waals surface area contributed by atoms with E-state index in [1.165, 1.54) is 0 Å². The fraction of sp³-hybridized carbons (Fsp3) is 0.351. The fourth-order valence-electron chi connectivity index (χ4n) is 6.40. The molecular weight excluding hydrogens is 692 g/mol. The molecule has 17 nitrogen and oxygen atoms in total. The molecule has 17 heteroatoms. The number of nitrogens with one attached hydrogen (secondary N) is 2. The third kappa shape index (κ3) is 7.30. The average Bonchev–Trinajstić information content (AvgIpc) is 3.89. The molecule has 1 aromatic carbocycles. The first-order valence-electron chi connectivity index (χ1n) is 17.9. The van der Waals surface area contributed by atoms with Crippen molar-refractivity contribution in [3.05, 3.63) is 83.1 Å². The maximum absolute atomic E-state index is 13.6. The molecule has 4 N–H and O–H groups in total. The molecule has 1 aliphatic rings. The summed E-state index contributed by atoms with van der Waals surface area (Å²) in [6.07, 6.45) is 6.26. The van der Waals surface area contributed by atoms with Crippen molar-refractivity contribution in [1.82, 2.24) is 43.6 Å². The van der Waals surface area contributed by atoms with E-state index in [4.69, 9.17) is 20.2 Å². The standard InChI is InChI=1S/C37H42N12O5/c1-5-48-28(16-22(3)44-48)34(51)42-36-41-27-18-25(32(38)50)19-30(54-15-11-24-20-53-21-24)31(27)46(36)13-7-8-14-47-33-26(10-9-12-39-33)40-37(47)43-35(52)29-17-23(4)45-49(29)6-2/h7-10,12,16-19,24H,5-6,11,13-15,20-21H2,1-4H3,(H2,38,50)(H,40,43,52)(H,41,42,51). The number of ether oxygens (including phenoxy) is 2. The first-order valence-corrected chi connectivity index (χ1v) is 17.9. The van der Waals surface area contributed by atoms with Crippen LogP contribution in [0.3, 0.4) is 0 Å². The molecule has 7 rings (SSSR count). The Labute approximate surface area is 310 Å². The summed E-state index contributed by atoms with van der Waals surface area (Å²) in [6, 6.07) is 10.3. The summed E-state index contributed by atoms with van der Waals surface area (Å²) >= 11 is 0. The smallest absolute Gasteiger partial charge is 0.276 e. The number of benzene rings is 1.